The largest absolute Gasteiger partial charge is 0.129 e. The molecule has 0 aromatic carbocycles. The van der Waals surface area contributed by atoms with Crippen molar-refractivity contribution >= 4 is 0 Å². The van der Waals surface area contributed by atoms with Crippen molar-refractivity contribution in [3.63, 3.8) is 0 Å². The molecule has 1 fully saturated rings. The zero-order valence-corrected chi connectivity index (χ0v) is 5.41. The first-order chi connectivity index (χ1) is 3.84. The fourth-order valence-electron chi connectivity index (χ4n) is 1.28. The first-order valence-corrected chi connectivity index (χ1v) is 3.23. The Bertz CT molecular complexity index is 127. The molecule has 1 unspecified atom stereocenters. The third-order valence-corrected chi connectivity index (χ3v) is 1.91. The van der Waals surface area contributed by atoms with Gasteiger partial charge in [0, 0.05) is 0 Å². The molecule has 1 saturated carbocycles. The summed E-state index contributed by atoms with van der Waals surface area (Å²) in [7, 11) is 0. The normalized spacial score (nSPS) is 28.1. The fraction of sp³-hybridized carbons (Fsp3) is 0.625. The third kappa shape index (κ3) is 0.850. The maximum atomic E-state index is 3.63. The van der Waals surface area contributed by atoms with E-state index in [2.05, 4.69) is 19.2 Å². The molecule has 1 aliphatic rings. The SMILES string of the molecule is C=C=C1CCCC1C. The van der Waals surface area contributed by atoms with Gasteiger partial charge in [0.25, 0.3) is 0 Å². The van der Waals surface area contributed by atoms with E-state index in [1.807, 2.05) is 0 Å². The Hall–Kier alpha value is -0.480. The maximum absolute atomic E-state index is 3.63. The highest BCUT2D eigenvalue weighted by Gasteiger charge is 2.14. The summed E-state index contributed by atoms with van der Waals surface area (Å²) in [5.74, 6) is 0.771. The third-order valence-electron chi connectivity index (χ3n) is 1.91. The lowest BCUT2D eigenvalue weighted by Gasteiger charge is -1.97. The second-order valence-electron chi connectivity index (χ2n) is 2.50. The van der Waals surface area contributed by atoms with Crippen LogP contribution in [0.4, 0.5) is 0 Å². The average molecular weight is 108 g/mol. The Labute approximate surface area is 50.9 Å². The topological polar surface area (TPSA) is 0 Å². The summed E-state index contributed by atoms with van der Waals surface area (Å²) >= 11 is 0. The lowest BCUT2D eigenvalue weighted by Crippen LogP contribution is -1.84. The van der Waals surface area contributed by atoms with Crippen molar-refractivity contribution in [2.24, 2.45) is 5.92 Å². The van der Waals surface area contributed by atoms with Gasteiger partial charge in [-0.1, -0.05) is 13.5 Å². The molecule has 0 aromatic heterocycles. The van der Waals surface area contributed by atoms with Gasteiger partial charge >= 0.3 is 0 Å². The molecule has 0 aromatic rings. The molecule has 0 saturated heterocycles. The van der Waals surface area contributed by atoms with Crippen LogP contribution in [-0.2, 0) is 0 Å². The molecule has 0 amide bonds. The van der Waals surface area contributed by atoms with Crippen LogP contribution >= 0.6 is 0 Å². The molecule has 0 bridgehead atoms. The molecular weight excluding hydrogens is 96.1 g/mol. The van der Waals surface area contributed by atoms with Gasteiger partial charge in [0.15, 0.2) is 0 Å². The predicted octanol–water partition coefficient (Wildman–Crippen LogP) is 2.52. The van der Waals surface area contributed by atoms with E-state index in [4.69, 9.17) is 0 Å². The van der Waals surface area contributed by atoms with Gasteiger partial charge in [-0.3, -0.25) is 0 Å². The molecule has 0 radical (unpaired) electrons. The molecule has 1 aliphatic carbocycles. The van der Waals surface area contributed by atoms with Crippen molar-refractivity contribution in [3.8, 4) is 0 Å². The monoisotopic (exact) mass is 108 g/mol. The summed E-state index contributed by atoms with van der Waals surface area (Å²) < 4.78 is 0. The first-order valence-electron chi connectivity index (χ1n) is 3.23. The molecule has 0 spiro atoms. The summed E-state index contributed by atoms with van der Waals surface area (Å²) in [6.45, 7) is 5.88. The van der Waals surface area contributed by atoms with Gasteiger partial charge in [-0.25, -0.2) is 0 Å². The minimum Gasteiger partial charge on any atom is -0.129 e. The summed E-state index contributed by atoms with van der Waals surface area (Å²) in [5.41, 5.74) is 4.42. The molecule has 0 nitrogen and oxygen atoms in total. The van der Waals surface area contributed by atoms with Crippen LogP contribution in [0.15, 0.2) is 17.9 Å². The van der Waals surface area contributed by atoms with Crippen molar-refractivity contribution in [1.29, 1.82) is 0 Å². The van der Waals surface area contributed by atoms with Gasteiger partial charge in [0.2, 0.25) is 0 Å². The summed E-state index contributed by atoms with van der Waals surface area (Å²) in [4.78, 5) is 0. The van der Waals surface area contributed by atoms with E-state index in [1.165, 1.54) is 24.8 Å². The smallest absolute Gasteiger partial charge is 0.0156 e. The van der Waals surface area contributed by atoms with Gasteiger partial charge in [0.1, 0.15) is 0 Å². The number of allylic oxidation sites excluding steroid dienone is 1. The Balaban J connectivity index is 2.68. The standard InChI is InChI=1S/C8H12/c1-3-8-6-4-5-7(8)2/h7H,1,4-6H2,2H3. The molecule has 8 heavy (non-hydrogen) atoms. The minimum absolute atomic E-state index is 0.771. The van der Waals surface area contributed by atoms with Gasteiger partial charge < -0.3 is 0 Å². The van der Waals surface area contributed by atoms with E-state index in [1.54, 1.807) is 0 Å². The quantitative estimate of drug-likeness (QED) is 0.418. The number of hydrogen-bond acceptors (Lipinski definition) is 0. The van der Waals surface area contributed by atoms with Crippen LogP contribution in [0.25, 0.3) is 0 Å². The summed E-state index contributed by atoms with van der Waals surface area (Å²) in [6.07, 6.45) is 3.93. The van der Waals surface area contributed by atoms with Crippen LogP contribution in [0.2, 0.25) is 0 Å². The van der Waals surface area contributed by atoms with E-state index in [0.29, 0.717) is 0 Å². The van der Waals surface area contributed by atoms with Gasteiger partial charge in [-0.15, -0.1) is 5.73 Å². The van der Waals surface area contributed by atoms with E-state index >= 15 is 0 Å². The van der Waals surface area contributed by atoms with Crippen LogP contribution in [0.3, 0.4) is 0 Å². The minimum atomic E-state index is 0.771. The van der Waals surface area contributed by atoms with Gasteiger partial charge in [0.05, 0.1) is 0 Å². The van der Waals surface area contributed by atoms with Crippen LogP contribution in [0.5, 0.6) is 0 Å². The molecule has 1 atom stereocenters. The maximum Gasteiger partial charge on any atom is -0.0156 e. The molecule has 0 heterocycles. The second kappa shape index (κ2) is 2.19. The zero-order valence-electron chi connectivity index (χ0n) is 5.41. The lowest BCUT2D eigenvalue weighted by molar-refractivity contribution is 0.697. The van der Waals surface area contributed by atoms with E-state index in [0.717, 1.165) is 5.92 Å². The Morgan fingerprint density at radius 1 is 1.75 bits per heavy atom. The highest BCUT2D eigenvalue weighted by Crippen LogP contribution is 2.28. The van der Waals surface area contributed by atoms with Crippen LogP contribution in [0.1, 0.15) is 26.2 Å². The van der Waals surface area contributed by atoms with Crippen LogP contribution in [-0.4, -0.2) is 0 Å². The Morgan fingerprint density at radius 3 is 2.75 bits per heavy atom. The number of rotatable bonds is 0. The molecular formula is C8H12. The van der Waals surface area contributed by atoms with Crippen molar-refractivity contribution in [2.75, 3.05) is 0 Å². The summed E-state index contributed by atoms with van der Waals surface area (Å²) in [6, 6.07) is 0. The zero-order chi connectivity index (χ0) is 5.98. The van der Waals surface area contributed by atoms with Crippen molar-refractivity contribution in [1.82, 2.24) is 0 Å². The van der Waals surface area contributed by atoms with Crippen LogP contribution in [0, 0.1) is 5.92 Å². The van der Waals surface area contributed by atoms with Crippen LogP contribution < -0.4 is 0 Å². The first kappa shape index (κ1) is 5.65. The highest BCUT2D eigenvalue weighted by atomic mass is 14.2. The highest BCUT2D eigenvalue weighted by molar-refractivity contribution is 5.07. The van der Waals surface area contributed by atoms with E-state index < -0.39 is 0 Å². The van der Waals surface area contributed by atoms with Gasteiger partial charge in [-0.05, 0) is 30.8 Å². The van der Waals surface area contributed by atoms with Crippen molar-refractivity contribution in [2.45, 2.75) is 26.2 Å². The molecule has 0 aliphatic heterocycles. The van der Waals surface area contributed by atoms with Crippen molar-refractivity contribution < 1.29 is 0 Å². The Kier molecular flexibility index (Phi) is 1.55. The Morgan fingerprint density at radius 2 is 2.50 bits per heavy atom. The molecule has 0 heteroatoms. The second-order valence-corrected chi connectivity index (χ2v) is 2.50. The fourth-order valence-corrected chi connectivity index (χ4v) is 1.28. The predicted molar refractivity (Wildman–Crippen MR) is 35.7 cm³/mol. The lowest BCUT2D eigenvalue weighted by atomic mass is 10.1. The molecule has 44 valence electrons. The molecule has 1 rings (SSSR count). The number of hydrogen-bond donors (Lipinski definition) is 0. The van der Waals surface area contributed by atoms with E-state index in [-0.39, 0.29) is 0 Å². The van der Waals surface area contributed by atoms with Gasteiger partial charge in [-0.2, -0.15) is 0 Å². The molecule has 0 N–H and O–H groups in total. The van der Waals surface area contributed by atoms with Crippen molar-refractivity contribution in [3.05, 3.63) is 17.9 Å². The van der Waals surface area contributed by atoms with E-state index in [9.17, 15) is 0 Å². The average Bonchev–Trinajstić information content (AvgIpc) is 2.14. The summed E-state index contributed by atoms with van der Waals surface area (Å²) in [5, 5.41) is 0.